The van der Waals surface area contributed by atoms with Crippen LogP contribution in [0.5, 0.6) is 0 Å². The van der Waals surface area contributed by atoms with E-state index in [1.807, 2.05) is 6.92 Å². The fourth-order valence-corrected chi connectivity index (χ4v) is 1.68. The van der Waals surface area contributed by atoms with Gasteiger partial charge >= 0.3 is 0 Å². The molecule has 1 aliphatic carbocycles. The Kier molecular flexibility index (Phi) is 5.77. The lowest BCUT2D eigenvalue weighted by Crippen LogP contribution is -2.39. The van der Waals surface area contributed by atoms with Crippen molar-refractivity contribution in [2.24, 2.45) is 5.92 Å². The maximum absolute atomic E-state index is 11.6. The van der Waals surface area contributed by atoms with Crippen LogP contribution in [0.25, 0.3) is 0 Å². The molecule has 4 heteroatoms. The first-order valence-corrected chi connectivity index (χ1v) is 6.33. The van der Waals surface area contributed by atoms with Gasteiger partial charge in [0.15, 0.2) is 0 Å². The third kappa shape index (κ3) is 4.94. The molecule has 0 aliphatic heterocycles. The highest BCUT2D eigenvalue weighted by Crippen LogP contribution is 2.24. The fourth-order valence-electron chi connectivity index (χ4n) is 1.68. The Bertz CT molecular complexity index is 216. The van der Waals surface area contributed by atoms with E-state index in [9.17, 15) is 4.79 Å². The van der Waals surface area contributed by atoms with Gasteiger partial charge in [-0.1, -0.05) is 13.8 Å². The number of rotatable bonds is 8. The predicted octanol–water partition coefficient (Wildman–Crippen LogP) is 0.442. The SMILES string of the molecule is CCNCC(C)C(=O)NCCN(C)C1CC1. The van der Waals surface area contributed by atoms with Crippen molar-refractivity contribution in [3.63, 3.8) is 0 Å². The second kappa shape index (κ2) is 6.86. The van der Waals surface area contributed by atoms with E-state index >= 15 is 0 Å². The number of nitrogens with one attached hydrogen (secondary N) is 2. The van der Waals surface area contributed by atoms with Gasteiger partial charge < -0.3 is 15.5 Å². The van der Waals surface area contributed by atoms with Crippen LogP contribution in [0.3, 0.4) is 0 Å². The molecule has 1 amide bonds. The number of hydrogen-bond donors (Lipinski definition) is 2. The minimum atomic E-state index is 0.0613. The van der Waals surface area contributed by atoms with Crippen LogP contribution in [0.2, 0.25) is 0 Å². The molecule has 1 fully saturated rings. The van der Waals surface area contributed by atoms with Crippen LogP contribution >= 0.6 is 0 Å². The summed E-state index contributed by atoms with van der Waals surface area (Å²) in [7, 11) is 2.13. The molecule has 4 nitrogen and oxygen atoms in total. The molecule has 0 radical (unpaired) electrons. The normalized spacial score (nSPS) is 17.5. The van der Waals surface area contributed by atoms with Crippen molar-refractivity contribution >= 4 is 5.91 Å². The van der Waals surface area contributed by atoms with Crippen LogP contribution in [0.4, 0.5) is 0 Å². The number of nitrogens with zero attached hydrogens (tertiary/aromatic N) is 1. The molecule has 1 rings (SSSR count). The molecule has 0 aromatic heterocycles. The Morgan fingerprint density at radius 1 is 1.50 bits per heavy atom. The molecule has 0 bridgehead atoms. The largest absolute Gasteiger partial charge is 0.355 e. The molecule has 16 heavy (non-hydrogen) atoms. The van der Waals surface area contributed by atoms with E-state index in [1.54, 1.807) is 0 Å². The van der Waals surface area contributed by atoms with Gasteiger partial charge in [0.1, 0.15) is 0 Å². The van der Waals surface area contributed by atoms with Gasteiger partial charge in [-0.15, -0.1) is 0 Å². The van der Waals surface area contributed by atoms with Crippen LogP contribution < -0.4 is 10.6 Å². The zero-order valence-corrected chi connectivity index (χ0v) is 10.8. The van der Waals surface area contributed by atoms with Crippen LogP contribution in [-0.2, 0) is 4.79 Å². The first-order chi connectivity index (χ1) is 7.65. The van der Waals surface area contributed by atoms with Gasteiger partial charge in [0, 0.05) is 31.6 Å². The summed E-state index contributed by atoms with van der Waals surface area (Å²) in [5.41, 5.74) is 0. The van der Waals surface area contributed by atoms with Crippen LogP contribution in [0.15, 0.2) is 0 Å². The van der Waals surface area contributed by atoms with Crippen molar-refractivity contribution in [2.45, 2.75) is 32.7 Å². The molecule has 0 spiro atoms. The van der Waals surface area contributed by atoms with Crippen LogP contribution in [0.1, 0.15) is 26.7 Å². The van der Waals surface area contributed by atoms with Crippen molar-refractivity contribution in [1.82, 2.24) is 15.5 Å². The van der Waals surface area contributed by atoms with E-state index in [0.29, 0.717) is 0 Å². The summed E-state index contributed by atoms with van der Waals surface area (Å²) < 4.78 is 0. The van der Waals surface area contributed by atoms with Crippen molar-refractivity contribution in [3.8, 4) is 0 Å². The van der Waals surface area contributed by atoms with E-state index < -0.39 is 0 Å². The highest BCUT2D eigenvalue weighted by molar-refractivity contribution is 5.78. The first-order valence-electron chi connectivity index (χ1n) is 6.33. The lowest BCUT2D eigenvalue weighted by Gasteiger charge is -2.17. The topological polar surface area (TPSA) is 44.4 Å². The molecule has 0 heterocycles. The van der Waals surface area contributed by atoms with Gasteiger partial charge in [-0.05, 0) is 26.4 Å². The average Bonchev–Trinajstić information content (AvgIpc) is 3.09. The van der Waals surface area contributed by atoms with E-state index in [-0.39, 0.29) is 11.8 Å². The van der Waals surface area contributed by atoms with E-state index in [0.717, 1.165) is 32.2 Å². The zero-order chi connectivity index (χ0) is 12.0. The number of carbonyl (C=O) groups excluding carboxylic acids is 1. The van der Waals surface area contributed by atoms with Crippen LogP contribution in [0, 0.1) is 5.92 Å². The summed E-state index contributed by atoms with van der Waals surface area (Å²) in [5, 5.41) is 6.17. The molecule has 1 aliphatic rings. The molecule has 94 valence electrons. The summed E-state index contributed by atoms with van der Waals surface area (Å²) in [4.78, 5) is 14.0. The Labute approximate surface area is 98.8 Å². The number of amides is 1. The molecular formula is C12H25N3O. The maximum atomic E-state index is 11.6. The van der Waals surface area contributed by atoms with Gasteiger partial charge in [-0.3, -0.25) is 4.79 Å². The van der Waals surface area contributed by atoms with Crippen molar-refractivity contribution in [3.05, 3.63) is 0 Å². The van der Waals surface area contributed by atoms with Gasteiger partial charge in [0.2, 0.25) is 5.91 Å². The molecule has 0 aromatic carbocycles. The fraction of sp³-hybridized carbons (Fsp3) is 0.917. The summed E-state index contributed by atoms with van der Waals surface area (Å²) in [6, 6.07) is 0.774. The molecule has 0 saturated heterocycles. The smallest absolute Gasteiger partial charge is 0.224 e. The van der Waals surface area contributed by atoms with Crippen molar-refractivity contribution < 1.29 is 4.79 Å². The van der Waals surface area contributed by atoms with Crippen molar-refractivity contribution in [1.29, 1.82) is 0 Å². The summed E-state index contributed by atoms with van der Waals surface area (Å²) in [5.74, 6) is 0.219. The molecule has 1 saturated carbocycles. The second-order valence-corrected chi connectivity index (χ2v) is 4.71. The van der Waals surface area contributed by atoms with Gasteiger partial charge in [-0.2, -0.15) is 0 Å². The molecule has 0 aromatic rings. The number of carbonyl (C=O) groups is 1. The average molecular weight is 227 g/mol. The van der Waals surface area contributed by atoms with Crippen molar-refractivity contribution in [2.75, 3.05) is 33.2 Å². The summed E-state index contributed by atoms with van der Waals surface area (Å²) >= 11 is 0. The summed E-state index contributed by atoms with van der Waals surface area (Å²) in [6.45, 7) is 7.42. The Morgan fingerprint density at radius 2 is 2.19 bits per heavy atom. The Morgan fingerprint density at radius 3 is 2.75 bits per heavy atom. The number of likely N-dealkylation sites (N-methyl/N-ethyl adjacent to an activating group) is 1. The minimum absolute atomic E-state index is 0.0613. The predicted molar refractivity (Wildman–Crippen MR) is 66.4 cm³/mol. The van der Waals surface area contributed by atoms with Gasteiger partial charge in [-0.25, -0.2) is 0 Å². The Hall–Kier alpha value is -0.610. The third-order valence-electron chi connectivity index (χ3n) is 3.08. The molecular weight excluding hydrogens is 202 g/mol. The quantitative estimate of drug-likeness (QED) is 0.632. The zero-order valence-electron chi connectivity index (χ0n) is 10.8. The lowest BCUT2D eigenvalue weighted by atomic mass is 10.1. The number of hydrogen-bond acceptors (Lipinski definition) is 3. The molecule has 1 unspecified atom stereocenters. The van der Waals surface area contributed by atoms with E-state index in [2.05, 4.69) is 29.5 Å². The standard InChI is InChI=1S/C12H25N3O/c1-4-13-9-10(2)12(16)14-7-8-15(3)11-5-6-11/h10-11,13H,4-9H2,1-3H3,(H,14,16). The third-order valence-corrected chi connectivity index (χ3v) is 3.08. The highest BCUT2D eigenvalue weighted by atomic mass is 16.1. The maximum Gasteiger partial charge on any atom is 0.224 e. The molecule has 2 N–H and O–H groups in total. The monoisotopic (exact) mass is 227 g/mol. The van der Waals surface area contributed by atoms with Gasteiger partial charge in [0.25, 0.3) is 0 Å². The van der Waals surface area contributed by atoms with E-state index in [4.69, 9.17) is 0 Å². The summed E-state index contributed by atoms with van der Waals surface area (Å²) in [6.07, 6.45) is 2.64. The lowest BCUT2D eigenvalue weighted by molar-refractivity contribution is -0.124. The minimum Gasteiger partial charge on any atom is -0.355 e. The molecule has 1 atom stereocenters. The highest BCUT2D eigenvalue weighted by Gasteiger charge is 2.25. The second-order valence-electron chi connectivity index (χ2n) is 4.71. The Balaban J connectivity index is 2.04. The first kappa shape index (κ1) is 13.5. The van der Waals surface area contributed by atoms with Gasteiger partial charge in [0.05, 0.1) is 0 Å². The van der Waals surface area contributed by atoms with Crippen LogP contribution in [-0.4, -0.2) is 50.1 Å². The van der Waals surface area contributed by atoms with E-state index in [1.165, 1.54) is 12.8 Å².